The fourth-order valence-electron chi connectivity index (χ4n) is 2.13. The summed E-state index contributed by atoms with van der Waals surface area (Å²) in [6.07, 6.45) is 3.50. The van der Waals surface area contributed by atoms with Crippen LogP contribution in [0, 0.1) is 6.92 Å². The summed E-state index contributed by atoms with van der Waals surface area (Å²) in [7, 11) is 0. The Morgan fingerprint density at radius 1 is 1.14 bits per heavy atom. The molecule has 2 N–H and O–H groups in total. The van der Waals surface area contributed by atoms with Crippen molar-refractivity contribution in [2.24, 2.45) is 0 Å². The van der Waals surface area contributed by atoms with Crippen molar-refractivity contribution in [3.63, 3.8) is 0 Å². The molecule has 3 rings (SSSR count). The van der Waals surface area contributed by atoms with Crippen molar-refractivity contribution < 1.29 is 0 Å². The van der Waals surface area contributed by atoms with Crippen molar-refractivity contribution in [1.82, 2.24) is 9.97 Å². The molecule has 3 aromatic rings. The largest absolute Gasteiger partial charge is 0.381 e. The van der Waals surface area contributed by atoms with E-state index in [1.807, 2.05) is 25.3 Å². The van der Waals surface area contributed by atoms with Crippen molar-refractivity contribution in [3.05, 3.63) is 71.1 Å². The van der Waals surface area contributed by atoms with Crippen molar-refractivity contribution in [1.29, 1.82) is 0 Å². The van der Waals surface area contributed by atoms with Gasteiger partial charge in [-0.3, -0.25) is 0 Å². The number of anilines is 1. The lowest BCUT2D eigenvalue weighted by Crippen LogP contribution is -1.99. The minimum Gasteiger partial charge on any atom is -0.381 e. The molecule has 0 aliphatic heterocycles. The van der Waals surface area contributed by atoms with Gasteiger partial charge in [-0.05, 0) is 41.8 Å². The van der Waals surface area contributed by atoms with E-state index in [4.69, 9.17) is 11.6 Å². The number of nitrogens with one attached hydrogen (secondary N) is 2. The Morgan fingerprint density at radius 2 is 1.95 bits per heavy atom. The summed E-state index contributed by atoms with van der Waals surface area (Å²) in [4.78, 5) is 7.12. The molecule has 0 spiro atoms. The second-order valence-corrected chi connectivity index (χ2v) is 5.39. The number of imidazole rings is 1. The lowest BCUT2D eigenvalue weighted by molar-refractivity contribution is 1.14. The zero-order valence-electron chi connectivity index (χ0n) is 11.7. The van der Waals surface area contributed by atoms with E-state index in [1.54, 1.807) is 6.33 Å². The summed E-state index contributed by atoms with van der Waals surface area (Å²) in [5, 5.41) is 4.20. The normalized spacial score (nSPS) is 10.6. The van der Waals surface area contributed by atoms with Gasteiger partial charge in [-0.15, -0.1) is 0 Å². The van der Waals surface area contributed by atoms with E-state index in [9.17, 15) is 0 Å². The van der Waals surface area contributed by atoms with Crippen LogP contribution >= 0.6 is 11.6 Å². The van der Waals surface area contributed by atoms with Crippen LogP contribution in [0.1, 0.15) is 11.1 Å². The lowest BCUT2D eigenvalue weighted by Gasteiger charge is -2.08. The fourth-order valence-corrected chi connectivity index (χ4v) is 2.33. The molecule has 0 saturated carbocycles. The molecule has 0 saturated heterocycles. The molecule has 1 heterocycles. The van der Waals surface area contributed by atoms with Crippen molar-refractivity contribution in [2.75, 3.05) is 5.32 Å². The maximum atomic E-state index is 6.14. The van der Waals surface area contributed by atoms with Crippen LogP contribution in [0.4, 0.5) is 5.69 Å². The van der Waals surface area contributed by atoms with Crippen LogP contribution < -0.4 is 5.32 Å². The Morgan fingerprint density at radius 3 is 2.62 bits per heavy atom. The highest BCUT2D eigenvalue weighted by Crippen LogP contribution is 2.20. The molecule has 0 bridgehead atoms. The highest BCUT2D eigenvalue weighted by atomic mass is 35.5. The summed E-state index contributed by atoms with van der Waals surface area (Å²) in [5.74, 6) is 0. The summed E-state index contributed by atoms with van der Waals surface area (Å²) in [6, 6.07) is 14.4. The maximum absolute atomic E-state index is 6.14. The lowest BCUT2D eigenvalue weighted by atomic mass is 10.1. The highest BCUT2D eigenvalue weighted by molar-refractivity contribution is 6.31. The van der Waals surface area contributed by atoms with Gasteiger partial charge in [0.15, 0.2) is 0 Å². The van der Waals surface area contributed by atoms with E-state index in [-0.39, 0.29) is 0 Å². The number of H-pyrrole nitrogens is 1. The molecule has 0 atom stereocenters. The number of hydrogen-bond donors (Lipinski definition) is 2. The van der Waals surface area contributed by atoms with Gasteiger partial charge in [-0.1, -0.05) is 35.9 Å². The van der Waals surface area contributed by atoms with Crippen molar-refractivity contribution in [3.8, 4) is 11.3 Å². The minimum absolute atomic E-state index is 0.753. The monoisotopic (exact) mass is 297 g/mol. The van der Waals surface area contributed by atoms with E-state index >= 15 is 0 Å². The van der Waals surface area contributed by atoms with E-state index in [2.05, 4.69) is 45.6 Å². The number of hydrogen-bond acceptors (Lipinski definition) is 2. The van der Waals surface area contributed by atoms with Gasteiger partial charge < -0.3 is 10.3 Å². The topological polar surface area (TPSA) is 40.7 Å². The average Bonchev–Trinajstić information content (AvgIpc) is 3.03. The molecule has 106 valence electrons. The van der Waals surface area contributed by atoms with Crippen molar-refractivity contribution >= 4 is 17.3 Å². The first-order chi connectivity index (χ1) is 10.2. The Balaban J connectivity index is 1.66. The van der Waals surface area contributed by atoms with Gasteiger partial charge in [0.2, 0.25) is 0 Å². The first-order valence-electron chi connectivity index (χ1n) is 6.80. The van der Waals surface area contributed by atoms with E-state index in [0.717, 1.165) is 34.1 Å². The predicted octanol–water partition coefficient (Wildman–Crippen LogP) is 4.65. The number of aryl methyl sites for hydroxylation is 1. The second-order valence-electron chi connectivity index (χ2n) is 4.98. The Bertz CT molecular complexity index is 718. The highest BCUT2D eigenvalue weighted by Gasteiger charge is 2.00. The minimum atomic E-state index is 0.753. The molecule has 0 amide bonds. The Labute approximate surface area is 129 Å². The molecular weight excluding hydrogens is 282 g/mol. The van der Waals surface area contributed by atoms with Crippen LogP contribution in [-0.2, 0) is 6.54 Å². The number of rotatable bonds is 4. The smallest absolute Gasteiger partial charge is 0.0924 e. The summed E-state index contributed by atoms with van der Waals surface area (Å²) < 4.78 is 0. The van der Waals surface area contributed by atoms with Crippen LogP contribution in [0.25, 0.3) is 11.3 Å². The van der Waals surface area contributed by atoms with Crippen LogP contribution in [0.5, 0.6) is 0 Å². The van der Waals surface area contributed by atoms with Crippen LogP contribution in [0.15, 0.2) is 55.0 Å². The first-order valence-corrected chi connectivity index (χ1v) is 7.18. The molecule has 0 aliphatic rings. The third kappa shape index (κ3) is 3.26. The molecule has 0 aliphatic carbocycles. The number of aromatic nitrogens is 2. The molecule has 2 aromatic carbocycles. The van der Waals surface area contributed by atoms with Gasteiger partial charge in [-0.25, -0.2) is 4.98 Å². The standard InChI is InChI=1S/C17H16ClN3/c1-12-2-3-13(8-16(12)18)9-20-15-6-4-14(5-7-15)17-10-19-11-21-17/h2-8,10-11,20H,9H2,1H3,(H,19,21). The molecule has 0 unspecified atom stereocenters. The van der Waals surface area contributed by atoms with Crippen LogP contribution in [-0.4, -0.2) is 9.97 Å². The van der Waals surface area contributed by atoms with Crippen LogP contribution in [0.3, 0.4) is 0 Å². The first kappa shape index (κ1) is 13.7. The number of aromatic amines is 1. The molecule has 21 heavy (non-hydrogen) atoms. The van der Waals surface area contributed by atoms with Gasteiger partial charge >= 0.3 is 0 Å². The van der Waals surface area contributed by atoms with E-state index in [0.29, 0.717) is 0 Å². The number of halogens is 1. The van der Waals surface area contributed by atoms with E-state index in [1.165, 1.54) is 5.56 Å². The van der Waals surface area contributed by atoms with Gasteiger partial charge in [0.25, 0.3) is 0 Å². The van der Waals surface area contributed by atoms with Gasteiger partial charge in [0.1, 0.15) is 0 Å². The third-order valence-electron chi connectivity index (χ3n) is 3.43. The zero-order valence-corrected chi connectivity index (χ0v) is 12.5. The fraction of sp³-hybridized carbons (Fsp3) is 0.118. The summed E-state index contributed by atoms with van der Waals surface area (Å²) in [6.45, 7) is 2.76. The molecule has 0 fully saturated rings. The second kappa shape index (κ2) is 6.02. The molecule has 1 aromatic heterocycles. The SMILES string of the molecule is Cc1ccc(CNc2ccc(-c3cnc[nH]3)cc2)cc1Cl. The Hall–Kier alpha value is -2.26. The quantitative estimate of drug-likeness (QED) is 0.736. The zero-order chi connectivity index (χ0) is 14.7. The van der Waals surface area contributed by atoms with Gasteiger partial charge in [-0.2, -0.15) is 0 Å². The maximum Gasteiger partial charge on any atom is 0.0924 e. The number of benzene rings is 2. The summed E-state index contributed by atoms with van der Waals surface area (Å²) in [5.41, 5.74) is 5.49. The third-order valence-corrected chi connectivity index (χ3v) is 3.83. The Kier molecular flexibility index (Phi) is 3.93. The average molecular weight is 298 g/mol. The van der Waals surface area contributed by atoms with Crippen molar-refractivity contribution in [2.45, 2.75) is 13.5 Å². The molecule has 0 radical (unpaired) electrons. The van der Waals surface area contributed by atoms with Crippen LogP contribution in [0.2, 0.25) is 5.02 Å². The molecule has 4 heteroatoms. The van der Waals surface area contributed by atoms with Gasteiger partial charge in [0, 0.05) is 17.3 Å². The molecule has 3 nitrogen and oxygen atoms in total. The molecular formula is C17H16ClN3. The predicted molar refractivity (Wildman–Crippen MR) is 87.5 cm³/mol. The number of nitrogens with zero attached hydrogens (tertiary/aromatic N) is 1. The van der Waals surface area contributed by atoms with Gasteiger partial charge in [0.05, 0.1) is 18.2 Å². The summed E-state index contributed by atoms with van der Waals surface area (Å²) >= 11 is 6.14. The van der Waals surface area contributed by atoms with E-state index < -0.39 is 0 Å².